The first kappa shape index (κ1) is 12.0. The molecule has 17 heavy (non-hydrogen) atoms. The first-order chi connectivity index (χ1) is 8.20. The van der Waals surface area contributed by atoms with Crippen molar-refractivity contribution < 1.29 is 4.39 Å². The molecule has 0 aliphatic heterocycles. The average molecular weight is 299 g/mol. The van der Waals surface area contributed by atoms with Gasteiger partial charge in [0, 0.05) is 12.2 Å². The van der Waals surface area contributed by atoms with E-state index in [4.69, 9.17) is 0 Å². The predicted octanol–water partition coefficient (Wildman–Crippen LogP) is 2.81. The summed E-state index contributed by atoms with van der Waals surface area (Å²) in [5, 5.41) is 7.24. The van der Waals surface area contributed by atoms with Gasteiger partial charge in [-0.2, -0.15) is 5.10 Å². The molecule has 0 aliphatic rings. The summed E-state index contributed by atoms with van der Waals surface area (Å²) in [6, 6.07) is 4.80. The van der Waals surface area contributed by atoms with Gasteiger partial charge in [0.05, 0.1) is 11.0 Å². The van der Waals surface area contributed by atoms with E-state index in [-0.39, 0.29) is 5.82 Å². The third-order valence-electron chi connectivity index (χ3n) is 2.37. The largest absolute Gasteiger partial charge is 0.378 e. The van der Waals surface area contributed by atoms with Gasteiger partial charge in [0.2, 0.25) is 0 Å². The molecular weight excluding hydrogens is 287 g/mol. The standard InChI is InChI=1S/C11H12BrFN4/c1-2-17-11(15-7-16-17)6-14-8-3-4-10(13)9(12)5-8/h3-5,7,14H,2,6H2,1H3. The van der Waals surface area contributed by atoms with E-state index in [0.29, 0.717) is 11.0 Å². The lowest BCUT2D eigenvalue weighted by Gasteiger charge is -2.07. The highest BCUT2D eigenvalue weighted by molar-refractivity contribution is 9.10. The highest BCUT2D eigenvalue weighted by Crippen LogP contribution is 2.20. The summed E-state index contributed by atoms with van der Waals surface area (Å²) in [6.07, 6.45) is 1.53. The summed E-state index contributed by atoms with van der Waals surface area (Å²) in [6.45, 7) is 3.35. The Balaban J connectivity index is 2.05. The zero-order chi connectivity index (χ0) is 12.3. The van der Waals surface area contributed by atoms with Crippen molar-refractivity contribution in [1.29, 1.82) is 0 Å². The van der Waals surface area contributed by atoms with E-state index in [1.165, 1.54) is 12.4 Å². The highest BCUT2D eigenvalue weighted by Gasteiger charge is 2.03. The number of aryl methyl sites for hydroxylation is 1. The minimum absolute atomic E-state index is 0.271. The predicted molar refractivity (Wildman–Crippen MR) is 67.1 cm³/mol. The van der Waals surface area contributed by atoms with Crippen molar-refractivity contribution in [2.45, 2.75) is 20.0 Å². The number of nitrogens with zero attached hydrogens (tertiary/aromatic N) is 3. The molecule has 0 unspecified atom stereocenters. The topological polar surface area (TPSA) is 42.7 Å². The normalized spacial score (nSPS) is 10.5. The van der Waals surface area contributed by atoms with Gasteiger partial charge in [-0.15, -0.1) is 0 Å². The van der Waals surface area contributed by atoms with Crippen molar-refractivity contribution in [2.75, 3.05) is 5.32 Å². The van der Waals surface area contributed by atoms with Gasteiger partial charge in [0.15, 0.2) is 0 Å². The second-order valence-corrected chi connectivity index (χ2v) is 4.33. The zero-order valence-electron chi connectivity index (χ0n) is 9.32. The third kappa shape index (κ3) is 2.82. The third-order valence-corrected chi connectivity index (χ3v) is 2.97. The highest BCUT2D eigenvalue weighted by atomic mass is 79.9. The van der Waals surface area contributed by atoms with Crippen molar-refractivity contribution in [1.82, 2.24) is 14.8 Å². The molecule has 1 heterocycles. The van der Waals surface area contributed by atoms with Gasteiger partial charge in [-0.1, -0.05) is 0 Å². The van der Waals surface area contributed by atoms with E-state index in [1.54, 1.807) is 12.1 Å². The van der Waals surface area contributed by atoms with Gasteiger partial charge in [0.25, 0.3) is 0 Å². The fourth-order valence-electron chi connectivity index (χ4n) is 1.48. The molecule has 90 valence electrons. The molecule has 1 N–H and O–H groups in total. The van der Waals surface area contributed by atoms with Crippen LogP contribution in [0.3, 0.4) is 0 Å². The number of hydrogen-bond acceptors (Lipinski definition) is 3. The van der Waals surface area contributed by atoms with Gasteiger partial charge < -0.3 is 5.32 Å². The molecule has 0 amide bonds. The molecule has 4 nitrogen and oxygen atoms in total. The van der Waals surface area contributed by atoms with Crippen LogP contribution in [0.25, 0.3) is 0 Å². The fraction of sp³-hybridized carbons (Fsp3) is 0.273. The van der Waals surface area contributed by atoms with Gasteiger partial charge >= 0.3 is 0 Å². The van der Waals surface area contributed by atoms with Crippen LogP contribution in [-0.2, 0) is 13.1 Å². The van der Waals surface area contributed by atoms with E-state index in [0.717, 1.165) is 18.1 Å². The summed E-state index contributed by atoms with van der Waals surface area (Å²) < 4.78 is 15.3. The Morgan fingerprint density at radius 2 is 2.29 bits per heavy atom. The lowest BCUT2D eigenvalue weighted by Crippen LogP contribution is -2.09. The molecule has 0 spiro atoms. The minimum atomic E-state index is -0.271. The summed E-state index contributed by atoms with van der Waals surface area (Å²) in [7, 11) is 0. The Labute approximate surface area is 107 Å². The number of rotatable bonds is 4. The first-order valence-electron chi connectivity index (χ1n) is 5.26. The van der Waals surface area contributed by atoms with Crippen molar-refractivity contribution in [3.8, 4) is 0 Å². The van der Waals surface area contributed by atoms with Crippen molar-refractivity contribution in [3.05, 3.63) is 40.6 Å². The molecule has 1 aromatic carbocycles. The summed E-state index contributed by atoms with van der Waals surface area (Å²) in [4.78, 5) is 4.15. The molecule has 0 atom stereocenters. The monoisotopic (exact) mass is 298 g/mol. The number of anilines is 1. The van der Waals surface area contributed by atoms with Crippen LogP contribution in [0.1, 0.15) is 12.7 Å². The number of nitrogens with one attached hydrogen (secondary N) is 1. The minimum Gasteiger partial charge on any atom is -0.378 e. The Morgan fingerprint density at radius 1 is 1.47 bits per heavy atom. The molecule has 0 saturated heterocycles. The fourth-order valence-corrected chi connectivity index (χ4v) is 1.86. The lowest BCUT2D eigenvalue weighted by atomic mass is 10.3. The van der Waals surface area contributed by atoms with E-state index in [1.807, 2.05) is 11.6 Å². The molecule has 0 radical (unpaired) electrons. The first-order valence-corrected chi connectivity index (χ1v) is 6.05. The quantitative estimate of drug-likeness (QED) is 0.944. The Bertz CT molecular complexity index is 512. The second kappa shape index (κ2) is 5.27. The Morgan fingerprint density at radius 3 is 3.00 bits per heavy atom. The molecule has 0 saturated carbocycles. The van der Waals surface area contributed by atoms with Crippen LogP contribution in [0.2, 0.25) is 0 Å². The Kier molecular flexibility index (Phi) is 3.73. The number of benzene rings is 1. The molecule has 0 fully saturated rings. The van der Waals surface area contributed by atoms with E-state index in [2.05, 4.69) is 31.3 Å². The van der Waals surface area contributed by atoms with Gasteiger partial charge in [-0.3, -0.25) is 0 Å². The van der Waals surface area contributed by atoms with Crippen LogP contribution in [0.4, 0.5) is 10.1 Å². The van der Waals surface area contributed by atoms with Crippen molar-refractivity contribution >= 4 is 21.6 Å². The number of halogens is 2. The molecular formula is C11H12BrFN4. The molecule has 2 aromatic rings. The van der Waals surface area contributed by atoms with Crippen molar-refractivity contribution in [3.63, 3.8) is 0 Å². The van der Waals surface area contributed by atoms with Crippen LogP contribution >= 0.6 is 15.9 Å². The van der Waals surface area contributed by atoms with E-state index >= 15 is 0 Å². The average Bonchev–Trinajstić information content (AvgIpc) is 2.78. The summed E-state index contributed by atoms with van der Waals surface area (Å²) >= 11 is 3.14. The van der Waals surface area contributed by atoms with Gasteiger partial charge in [-0.05, 0) is 41.1 Å². The van der Waals surface area contributed by atoms with Crippen molar-refractivity contribution in [2.24, 2.45) is 0 Å². The summed E-state index contributed by atoms with van der Waals surface area (Å²) in [5.74, 6) is 0.584. The second-order valence-electron chi connectivity index (χ2n) is 3.47. The van der Waals surface area contributed by atoms with Gasteiger partial charge in [-0.25, -0.2) is 14.1 Å². The molecule has 6 heteroatoms. The smallest absolute Gasteiger partial charge is 0.146 e. The van der Waals surface area contributed by atoms with Crippen LogP contribution in [0, 0.1) is 5.82 Å². The molecule has 1 aromatic heterocycles. The maximum Gasteiger partial charge on any atom is 0.146 e. The zero-order valence-corrected chi connectivity index (χ0v) is 10.9. The summed E-state index contributed by atoms with van der Waals surface area (Å²) in [5.41, 5.74) is 0.837. The van der Waals surface area contributed by atoms with Crippen LogP contribution in [0.15, 0.2) is 29.0 Å². The number of hydrogen-bond donors (Lipinski definition) is 1. The van der Waals surface area contributed by atoms with Crippen LogP contribution < -0.4 is 5.32 Å². The SMILES string of the molecule is CCn1ncnc1CNc1ccc(F)c(Br)c1. The Hall–Kier alpha value is -1.43. The molecule has 0 bridgehead atoms. The van der Waals surface area contributed by atoms with Crippen LogP contribution in [-0.4, -0.2) is 14.8 Å². The number of aromatic nitrogens is 3. The van der Waals surface area contributed by atoms with E-state index < -0.39 is 0 Å². The molecule has 0 aliphatic carbocycles. The molecule has 2 rings (SSSR count). The maximum absolute atomic E-state index is 13.0. The van der Waals surface area contributed by atoms with E-state index in [9.17, 15) is 4.39 Å². The maximum atomic E-state index is 13.0. The van der Waals surface area contributed by atoms with Gasteiger partial charge in [0.1, 0.15) is 18.0 Å². The lowest BCUT2D eigenvalue weighted by molar-refractivity contribution is 0.619. The van der Waals surface area contributed by atoms with Crippen LogP contribution in [0.5, 0.6) is 0 Å².